The molecule has 158 valence electrons. The lowest BCUT2D eigenvalue weighted by Gasteiger charge is -2.15. The molecule has 0 amide bonds. The maximum atomic E-state index is 12.7. The van der Waals surface area contributed by atoms with Crippen molar-refractivity contribution in [3.63, 3.8) is 0 Å². The number of oxime groups is 1. The fourth-order valence-electron chi connectivity index (χ4n) is 2.19. The van der Waals surface area contributed by atoms with E-state index in [0.29, 0.717) is 10.6 Å². The molecule has 2 aromatic rings. The summed E-state index contributed by atoms with van der Waals surface area (Å²) in [5.74, 6) is 0. The van der Waals surface area contributed by atoms with E-state index in [1.165, 1.54) is 16.9 Å². The monoisotopic (exact) mass is 488 g/mol. The Morgan fingerprint density at radius 1 is 1.17 bits per heavy atom. The van der Waals surface area contributed by atoms with Crippen LogP contribution < -0.4 is 4.72 Å². The molecule has 2 rings (SSSR count). The Balaban J connectivity index is 2.33. The lowest BCUT2D eigenvalue weighted by atomic mass is 10.1. The summed E-state index contributed by atoms with van der Waals surface area (Å²) in [7, 11) is -5.62. The number of alkyl halides is 3. The van der Waals surface area contributed by atoms with Crippen LogP contribution in [0.5, 0.6) is 0 Å². The molecule has 0 spiro atoms. The van der Waals surface area contributed by atoms with Crippen LogP contribution in [0.3, 0.4) is 0 Å². The molecule has 0 heterocycles. The van der Waals surface area contributed by atoms with Crippen LogP contribution in [0.15, 0.2) is 41.6 Å². The van der Waals surface area contributed by atoms with Crippen molar-refractivity contribution in [2.24, 2.45) is 5.16 Å². The van der Waals surface area contributed by atoms with Crippen molar-refractivity contribution >= 4 is 56.2 Å². The summed E-state index contributed by atoms with van der Waals surface area (Å²) < 4.78 is 62.6. The van der Waals surface area contributed by atoms with E-state index in [0.717, 1.165) is 6.07 Å². The molecule has 0 unspecified atom stereocenters. The number of anilines is 1. The van der Waals surface area contributed by atoms with Gasteiger partial charge in [-0.05, 0) is 30.7 Å². The first-order chi connectivity index (χ1) is 13.5. The van der Waals surface area contributed by atoms with Crippen LogP contribution in [0, 0.1) is 0 Å². The fourth-order valence-corrected chi connectivity index (χ4v) is 3.32. The highest BCUT2D eigenvalue weighted by Crippen LogP contribution is 2.30. The second-order valence-corrected chi connectivity index (χ2v) is 8.51. The maximum absolute atomic E-state index is 12.7. The molecule has 0 aliphatic rings. The lowest BCUT2D eigenvalue weighted by molar-refractivity contribution is -0.0429. The van der Waals surface area contributed by atoms with E-state index < -0.39 is 15.5 Å². The van der Waals surface area contributed by atoms with Gasteiger partial charge in [0.05, 0.1) is 21.4 Å². The molecule has 0 saturated heterocycles. The topological polar surface area (TPSA) is 67.8 Å². The van der Waals surface area contributed by atoms with Crippen molar-refractivity contribution in [2.75, 3.05) is 4.72 Å². The highest BCUT2D eigenvalue weighted by Gasteiger charge is 2.46. The van der Waals surface area contributed by atoms with Crippen LogP contribution in [-0.4, -0.2) is 19.6 Å². The summed E-state index contributed by atoms with van der Waals surface area (Å²) >= 11 is 17.9. The number of hydrogen-bond donors (Lipinski definition) is 1. The molecule has 1 N–H and O–H groups in total. The molecular weight excluding hydrogens is 476 g/mol. The molecule has 5 nitrogen and oxygen atoms in total. The van der Waals surface area contributed by atoms with Crippen LogP contribution in [0.1, 0.15) is 24.5 Å². The zero-order valence-corrected chi connectivity index (χ0v) is 17.8. The van der Waals surface area contributed by atoms with Crippen molar-refractivity contribution in [1.82, 2.24) is 0 Å². The number of benzene rings is 2. The Morgan fingerprint density at radius 3 is 2.48 bits per heavy atom. The van der Waals surface area contributed by atoms with E-state index >= 15 is 0 Å². The van der Waals surface area contributed by atoms with Crippen molar-refractivity contribution < 1.29 is 26.4 Å². The third kappa shape index (κ3) is 5.91. The number of halogens is 6. The largest absolute Gasteiger partial charge is 0.516 e. The van der Waals surface area contributed by atoms with Gasteiger partial charge in [0.15, 0.2) is 0 Å². The summed E-state index contributed by atoms with van der Waals surface area (Å²) in [6.45, 7) is 1.60. The number of rotatable bonds is 7. The average Bonchev–Trinajstić information content (AvgIpc) is 2.63. The van der Waals surface area contributed by atoms with Crippen molar-refractivity contribution in [3.8, 4) is 0 Å². The Morgan fingerprint density at radius 2 is 1.86 bits per heavy atom. The zero-order valence-electron chi connectivity index (χ0n) is 14.7. The van der Waals surface area contributed by atoms with E-state index in [4.69, 9.17) is 39.6 Å². The number of sulfonamides is 1. The molecule has 0 aromatic heterocycles. The minimum Gasteiger partial charge on any atom is -0.391 e. The Labute approximate surface area is 180 Å². The standard InChI is InChI=1S/C17H14Cl3F3N2O3S/c1-2-14(24-28-9-10-4-3-5-13(19)16(10)20)12-8-11(18)6-7-15(12)25-29(26,27)17(21,22)23/h3-8,25H,2,9H2,1H3/b24-14+. The predicted octanol–water partition coefficient (Wildman–Crippen LogP) is 6.24. The van der Waals surface area contributed by atoms with E-state index in [-0.39, 0.29) is 40.0 Å². The normalized spacial score (nSPS) is 12.7. The van der Waals surface area contributed by atoms with E-state index in [2.05, 4.69) is 5.16 Å². The number of hydrogen-bond acceptors (Lipinski definition) is 4. The summed E-state index contributed by atoms with van der Waals surface area (Å²) in [4.78, 5) is 5.26. The highest BCUT2D eigenvalue weighted by molar-refractivity contribution is 7.93. The van der Waals surface area contributed by atoms with Crippen molar-refractivity contribution in [1.29, 1.82) is 0 Å². The van der Waals surface area contributed by atoms with Gasteiger partial charge < -0.3 is 4.84 Å². The second kappa shape index (κ2) is 9.42. The summed E-state index contributed by atoms with van der Waals surface area (Å²) in [6.07, 6.45) is 0.213. The number of nitrogens with zero attached hydrogens (tertiary/aromatic N) is 1. The Bertz CT molecular complexity index is 1030. The molecule has 0 atom stereocenters. The summed E-state index contributed by atoms with van der Waals surface area (Å²) in [5, 5.41) is 4.69. The molecule has 2 aromatic carbocycles. The van der Waals surface area contributed by atoms with Gasteiger partial charge in [0.25, 0.3) is 0 Å². The van der Waals surface area contributed by atoms with Gasteiger partial charge >= 0.3 is 15.5 Å². The van der Waals surface area contributed by atoms with Crippen LogP contribution in [0.2, 0.25) is 15.1 Å². The van der Waals surface area contributed by atoms with E-state index in [1.807, 2.05) is 0 Å². The van der Waals surface area contributed by atoms with Crippen molar-refractivity contribution in [3.05, 3.63) is 62.6 Å². The Kier molecular flexibility index (Phi) is 7.67. The van der Waals surface area contributed by atoms with Crippen LogP contribution in [0.4, 0.5) is 18.9 Å². The van der Waals surface area contributed by atoms with Gasteiger partial charge in [-0.15, -0.1) is 0 Å². The van der Waals surface area contributed by atoms with Crippen LogP contribution >= 0.6 is 34.8 Å². The van der Waals surface area contributed by atoms with E-state index in [9.17, 15) is 21.6 Å². The average molecular weight is 490 g/mol. The maximum Gasteiger partial charge on any atom is 0.516 e. The van der Waals surface area contributed by atoms with Gasteiger partial charge in [-0.2, -0.15) is 21.6 Å². The van der Waals surface area contributed by atoms with Crippen LogP contribution in [0.25, 0.3) is 0 Å². The van der Waals surface area contributed by atoms with Gasteiger partial charge in [-0.3, -0.25) is 4.72 Å². The molecule has 29 heavy (non-hydrogen) atoms. The first-order valence-electron chi connectivity index (χ1n) is 7.97. The smallest absolute Gasteiger partial charge is 0.391 e. The fraction of sp³-hybridized carbons (Fsp3) is 0.235. The molecule has 0 bridgehead atoms. The first-order valence-corrected chi connectivity index (χ1v) is 10.6. The van der Waals surface area contributed by atoms with Gasteiger partial charge in [0.2, 0.25) is 0 Å². The summed E-state index contributed by atoms with van der Waals surface area (Å²) in [6, 6.07) is 8.57. The minimum absolute atomic E-state index is 0.0463. The molecule has 12 heteroatoms. The predicted molar refractivity (Wildman–Crippen MR) is 108 cm³/mol. The van der Waals surface area contributed by atoms with Gasteiger partial charge in [0.1, 0.15) is 6.61 Å². The molecule has 0 aliphatic heterocycles. The van der Waals surface area contributed by atoms with Crippen LogP contribution in [-0.2, 0) is 21.5 Å². The molecular formula is C17H14Cl3F3N2O3S. The second-order valence-electron chi connectivity index (χ2n) is 5.62. The quantitative estimate of drug-likeness (QED) is 0.370. The lowest BCUT2D eigenvalue weighted by Crippen LogP contribution is -2.30. The SMILES string of the molecule is CC/C(=N\OCc1cccc(Cl)c1Cl)c1cc(Cl)ccc1NS(=O)(=O)C(F)(F)F. The molecule has 0 aliphatic carbocycles. The summed E-state index contributed by atoms with van der Waals surface area (Å²) in [5.41, 5.74) is -5.05. The van der Waals surface area contributed by atoms with E-state index in [1.54, 1.807) is 25.1 Å². The number of nitrogens with one attached hydrogen (secondary N) is 1. The first kappa shape index (κ1) is 23.6. The molecule has 0 saturated carbocycles. The third-order valence-electron chi connectivity index (χ3n) is 3.60. The molecule has 0 fully saturated rings. The van der Waals surface area contributed by atoms with Gasteiger partial charge in [-0.25, -0.2) is 0 Å². The Hall–Kier alpha value is -1.68. The molecule has 0 radical (unpaired) electrons. The van der Waals surface area contributed by atoms with Gasteiger partial charge in [0, 0.05) is 16.1 Å². The van der Waals surface area contributed by atoms with Crippen molar-refractivity contribution in [2.45, 2.75) is 25.5 Å². The minimum atomic E-state index is -5.62. The third-order valence-corrected chi connectivity index (χ3v) is 5.79. The zero-order chi connectivity index (χ0) is 21.8. The highest BCUT2D eigenvalue weighted by atomic mass is 35.5. The van der Waals surface area contributed by atoms with Gasteiger partial charge in [-0.1, -0.05) is 59.0 Å².